The molecule has 0 aliphatic carbocycles. The molecule has 6 nitrogen and oxygen atoms in total. The number of hydrogen-bond acceptors (Lipinski definition) is 4. The molecule has 2 aromatic heterocycles. The van der Waals surface area contributed by atoms with E-state index in [-0.39, 0.29) is 27.7 Å². The van der Waals surface area contributed by atoms with Gasteiger partial charge in [-0.15, -0.1) is 0 Å². The van der Waals surface area contributed by atoms with Gasteiger partial charge >= 0.3 is 5.97 Å². The molecule has 2 heterocycles. The second-order valence-electron chi connectivity index (χ2n) is 4.78. The summed E-state index contributed by atoms with van der Waals surface area (Å²) in [6.45, 7) is 1.66. The van der Waals surface area contributed by atoms with Crippen LogP contribution in [0.3, 0.4) is 0 Å². The van der Waals surface area contributed by atoms with Crippen LogP contribution in [0, 0.1) is 12.7 Å². The van der Waals surface area contributed by atoms with Crippen molar-refractivity contribution in [3.05, 3.63) is 46.5 Å². The predicted molar refractivity (Wildman–Crippen MR) is 81.6 cm³/mol. The number of aryl methyl sites for hydroxylation is 1. The second kappa shape index (κ2) is 5.51. The molecule has 0 unspecified atom stereocenters. The lowest BCUT2D eigenvalue weighted by molar-refractivity contribution is 0.0691. The Balaban J connectivity index is 2.41. The van der Waals surface area contributed by atoms with Crippen LogP contribution in [0.25, 0.3) is 16.8 Å². The van der Waals surface area contributed by atoms with Crippen LogP contribution in [-0.4, -0.2) is 32.8 Å². The highest BCUT2D eigenvalue weighted by atomic mass is 35.5. The molecular weight excluding hydrogens is 325 g/mol. The van der Waals surface area contributed by atoms with Gasteiger partial charge < -0.3 is 9.84 Å². The third-order valence-electron chi connectivity index (χ3n) is 3.41. The number of carbonyl (C=O) groups is 1. The number of methoxy groups -OCH3 is 1. The fraction of sp³-hybridized carbons (Fsp3) is 0.133. The first-order valence-corrected chi connectivity index (χ1v) is 6.93. The maximum Gasteiger partial charge on any atom is 0.342 e. The number of hydrogen-bond donors (Lipinski definition) is 1. The van der Waals surface area contributed by atoms with Crippen molar-refractivity contribution in [2.24, 2.45) is 0 Å². The highest BCUT2D eigenvalue weighted by Crippen LogP contribution is 2.36. The van der Waals surface area contributed by atoms with Gasteiger partial charge in [-0.25, -0.2) is 14.2 Å². The van der Waals surface area contributed by atoms with Crippen LogP contribution in [-0.2, 0) is 0 Å². The SMILES string of the molecule is COc1c(C(=O)O)cnc2c(-c3c(F)cccc3Cl)c(C)nn12. The number of carboxylic acid groups (broad SMARTS) is 1. The van der Waals surface area contributed by atoms with Crippen LogP contribution in [0.15, 0.2) is 24.4 Å². The number of ether oxygens (including phenoxy) is 1. The Labute approximate surface area is 135 Å². The number of benzene rings is 1. The van der Waals surface area contributed by atoms with Crippen molar-refractivity contribution in [3.8, 4) is 17.0 Å². The van der Waals surface area contributed by atoms with E-state index in [1.165, 1.54) is 23.8 Å². The standard InChI is InChI=1S/C15H11ClFN3O3/c1-7-11(12-9(16)4-3-5-10(12)17)13-18-6-8(15(21)22)14(23-2)20(13)19-7/h3-6H,1-2H3,(H,21,22). The fourth-order valence-electron chi connectivity index (χ4n) is 2.44. The van der Waals surface area contributed by atoms with Gasteiger partial charge in [-0.2, -0.15) is 9.61 Å². The van der Waals surface area contributed by atoms with Crippen LogP contribution in [0.1, 0.15) is 16.1 Å². The Bertz CT molecular complexity index is 919. The number of fused-ring (bicyclic) bond motifs is 1. The first-order chi connectivity index (χ1) is 11.0. The number of halogens is 2. The minimum atomic E-state index is -1.20. The van der Waals surface area contributed by atoms with Gasteiger partial charge in [0.2, 0.25) is 5.88 Å². The van der Waals surface area contributed by atoms with E-state index in [9.17, 15) is 14.3 Å². The van der Waals surface area contributed by atoms with E-state index in [1.54, 1.807) is 13.0 Å². The fourth-order valence-corrected chi connectivity index (χ4v) is 2.70. The zero-order chi connectivity index (χ0) is 16.7. The molecule has 0 atom stereocenters. The summed E-state index contributed by atoms with van der Waals surface area (Å²) in [5.41, 5.74) is 1.12. The summed E-state index contributed by atoms with van der Waals surface area (Å²) in [5.74, 6) is -1.71. The molecule has 1 aromatic carbocycles. The van der Waals surface area contributed by atoms with Crippen LogP contribution < -0.4 is 4.74 Å². The number of rotatable bonds is 3. The normalized spacial score (nSPS) is 11.0. The molecule has 0 saturated heterocycles. The molecule has 0 amide bonds. The summed E-state index contributed by atoms with van der Waals surface area (Å²) >= 11 is 6.12. The zero-order valence-electron chi connectivity index (χ0n) is 12.2. The molecule has 0 spiro atoms. The number of aromatic carboxylic acids is 1. The molecule has 8 heteroatoms. The van der Waals surface area contributed by atoms with Crippen molar-refractivity contribution in [1.29, 1.82) is 0 Å². The van der Waals surface area contributed by atoms with Crippen LogP contribution in [0.2, 0.25) is 5.02 Å². The molecule has 1 N–H and O–H groups in total. The van der Waals surface area contributed by atoms with Gasteiger partial charge in [0.1, 0.15) is 11.4 Å². The molecule has 23 heavy (non-hydrogen) atoms. The van der Waals surface area contributed by atoms with Gasteiger partial charge in [-0.05, 0) is 19.1 Å². The van der Waals surface area contributed by atoms with Crippen molar-refractivity contribution in [2.45, 2.75) is 6.92 Å². The van der Waals surface area contributed by atoms with Crippen LogP contribution >= 0.6 is 11.6 Å². The van der Waals surface area contributed by atoms with E-state index in [0.717, 1.165) is 6.20 Å². The van der Waals surface area contributed by atoms with Gasteiger partial charge in [-0.3, -0.25) is 0 Å². The highest BCUT2D eigenvalue weighted by molar-refractivity contribution is 6.33. The lowest BCUT2D eigenvalue weighted by Gasteiger charge is -2.08. The monoisotopic (exact) mass is 335 g/mol. The molecule has 0 bridgehead atoms. The first-order valence-electron chi connectivity index (χ1n) is 6.55. The van der Waals surface area contributed by atoms with E-state index in [4.69, 9.17) is 16.3 Å². The van der Waals surface area contributed by atoms with E-state index in [2.05, 4.69) is 10.1 Å². The first kappa shape index (κ1) is 15.2. The topological polar surface area (TPSA) is 76.7 Å². The van der Waals surface area contributed by atoms with Gasteiger partial charge in [0.15, 0.2) is 5.65 Å². The van der Waals surface area contributed by atoms with Crippen molar-refractivity contribution in [2.75, 3.05) is 7.11 Å². The zero-order valence-corrected chi connectivity index (χ0v) is 12.9. The smallest absolute Gasteiger partial charge is 0.342 e. The van der Waals surface area contributed by atoms with Crippen molar-refractivity contribution in [3.63, 3.8) is 0 Å². The van der Waals surface area contributed by atoms with E-state index >= 15 is 0 Å². The van der Waals surface area contributed by atoms with Gasteiger partial charge in [0.05, 0.1) is 23.4 Å². The minimum Gasteiger partial charge on any atom is -0.480 e. The molecular formula is C15H11ClFN3O3. The molecule has 0 aliphatic heterocycles. The molecule has 0 fully saturated rings. The quantitative estimate of drug-likeness (QED) is 0.795. The minimum absolute atomic E-state index is 0.00399. The summed E-state index contributed by atoms with van der Waals surface area (Å²) in [6, 6.07) is 4.34. The maximum absolute atomic E-state index is 14.2. The predicted octanol–water partition coefficient (Wildman–Crippen LogP) is 3.20. The lowest BCUT2D eigenvalue weighted by atomic mass is 10.1. The number of carboxylic acids is 1. The summed E-state index contributed by atoms with van der Waals surface area (Å²) in [6.07, 6.45) is 1.15. The average molecular weight is 336 g/mol. The largest absolute Gasteiger partial charge is 0.480 e. The Morgan fingerprint density at radius 2 is 2.13 bits per heavy atom. The number of aromatic nitrogens is 3. The average Bonchev–Trinajstić information content (AvgIpc) is 2.82. The Kier molecular flexibility index (Phi) is 3.65. The van der Waals surface area contributed by atoms with Crippen molar-refractivity contribution < 1.29 is 19.0 Å². The third kappa shape index (κ3) is 2.29. The Morgan fingerprint density at radius 3 is 2.74 bits per heavy atom. The second-order valence-corrected chi connectivity index (χ2v) is 5.19. The van der Waals surface area contributed by atoms with Crippen molar-refractivity contribution >= 4 is 23.2 Å². The summed E-state index contributed by atoms with van der Waals surface area (Å²) < 4.78 is 20.6. The van der Waals surface area contributed by atoms with Gasteiger partial charge in [-0.1, -0.05) is 17.7 Å². The van der Waals surface area contributed by atoms with Crippen molar-refractivity contribution in [1.82, 2.24) is 14.6 Å². The summed E-state index contributed by atoms with van der Waals surface area (Å²) in [7, 11) is 1.33. The lowest BCUT2D eigenvalue weighted by Crippen LogP contribution is -2.07. The third-order valence-corrected chi connectivity index (χ3v) is 3.73. The molecule has 3 aromatic rings. The number of nitrogens with zero attached hydrogens (tertiary/aromatic N) is 3. The van der Waals surface area contributed by atoms with Gasteiger partial charge in [0, 0.05) is 11.8 Å². The summed E-state index contributed by atoms with van der Waals surface area (Å²) in [4.78, 5) is 15.4. The Hall–Kier alpha value is -2.67. The van der Waals surface area contributed by atoms with E-state index < -0.39 is 11.8 Å². The molecule has 3 rings (SSSR count). The summed E-state index contributed by atoms with van der Waals surface area (Å²) in [5, 5.41) is 13.6. The molecule has 0 saturated carbocycles. The molecule has 118 valence electrons. The van der Waals surface area contributed by atoms with E-state index in [0.29, 0.717) is 11.3 Å². The molecule has 0 radical (unpaired) electrons. The van der Waals surface area contributed by atoms with Gasteiger partial charge in [0.25, 0.3) is 0 Å². The highest BCUT2D eigenvalue weighted by Gasteiger charge is 2.23. The van der Waals surface area contributed by atoms with Crippen LogP contribution in [0.4, 0.5) is 4.39 Å². The Morgan fingerprint density at radius 1 is 1.39 bits per heavy atom. The van der Waals surface area contributed by atoms with Crippen LogP contribution in [0.5, 0.6) is 5.88 Å². The maximum atomic E-state index is 14.2. The van der Waals surface area contributed by atoms with E-state index in [1.807, 2.05) is 0 Å². The molecule has 0 aliphatic rings.